The minimum Gasteiger partial charge on any atom is -0.481 e. The number of methoxy groups -OCH3 is 1. The molecule has 0 radical (unpaired) electrons. The van der Waals surface area contributed by atoms with Gasteiger partial charge in [0, 0.05) is 43.7 Å². The Morgan fingerprint density at radius 3 is 2.52 bits per heavy atom. The normalized spacial score (nSPS) is 21.6. The maximum Gasteiger partial charge on any atom is 0.274 e. The number of nitrogens with zero attached hydrogens (tertiary/aromatic N) is 4. The van der Waals surface area contributed by atoms with Crippen molar-refractivity contribution in [2.45, 2.75) is 51.5 Å². The zero-order valence-electron chi connectivity index (χ0n) is 19.5. The largest absolute Gasteiger partial charge is 0.481 e. The first kappa shape index (κ1) is 23.5. The van der Waals surface area contributed by atoms with E-state index >= 15 is 0 Å². The SMILES string of the molecule is COc1cc(-c2cc(C(=O)N3CCC(C(=O)N(C)C4CCC(C)CC4)CC3)n[nH]2)c(Cl)cn1. The molecule has 9 heteroatoms. The number of hydrogen-bond donors (Lipinski definition) is 1. The number of nitrogens with one attached hydrogen (secondary N) is 1. The first-order valence-electron chi connectivity index (χ1n) is 11.7. The lowest BCUT2D eigenvalue weighted by molar-refractivity contribution is -0.138. The maximum atomic E-state index is 13.0. The molecule has 2 aliphatic rings. The van der Waals surface area contributed by atoms with Crippen LogP contribution in [-0.4, -0.2) is 70.1 Å². The van der Waals surface area contributed by atoms with Crippen molar-refractivity contribution >= 4 is 23.4 Å². The number of amides is 2. The van der Waals surface area contributed by atoms with E-state index in [1.807, 2.05) is 11.9 Å². The second-order valence-corrected chi connectivity index (χ2v) is 9.71. The van der Waals surface area contributed by atoms with Gasteiger partial charge in [-0.2, -0.15) is 5.10 Å². The van der Waals surface area contributed by atoms with E-state index in [9.17, 15) is 9.59 Å². The monoisotopic (exact) mass is 473 g/mol. The fourth-order valence-corrected chi connectivity index (χ4v) is 5.10. The zero-order chi connectivity index (χ0) is 23.5. The number of H-pyrrole nitrogens is 1. The molecule has 1 aliphatic heterocycles. The summed E-state index contributed by atoms with van der Waals surface area (Å²) >= 11 is 6.26. The Kier molecular flexibility index (Phi) is 7.22. The summed E-state index contributed by atoms with van der Waals surface area (Å²) in [6.45, 7) is 3.39. The number of carbonyl (C=O) groups is 2. The Hall–Kier alpha value is -2.61. The molecule has 2 aromatic rings. The van der Waals surface area contributed by atoms with Crippen LogP contribution in [0, 0.1) is 11.8 Å². The highest BCUT2D eigenvalue weighted by Gasteiger charge is 2.33. The number of rotatable bonds is 5. The minimum absolute atomic E-state index is 0.0174. The van der Waals surface area contributed by atoms with Gasteiger partial charge < -0.3 is 14.5 Å². The molecule has 1 saturated carbocycles. The molecular weight excluding hydrogens is 442 g/mol. The lowest BCUT2D eigenvalue weighted by atomic mass is 9.86. The number of aromatic amines is 1. The van der Waals surface area contributed by atoms with E-state index in [1.54, 1.807) is 17.0 Å². The third-order valence-electron chi connectivity index (χ3n) is 7.14. The molecule has 0 spiro atoms. The Morgan fingerprint density at radius 1 is 1.15 bits per heavy atom. The van der Waals surface area contributed by atoms with E-state index in [0.717, 1.165) is 18.8 Å². The number of likely N-dealkylation sites (tertiary alicyclic amines) is 1. The van der Waals surface area contributed by atoms with E-state index in [4.69, 9.17) is 16.3 Å². The van der Waals surface area contributed by atoms with Gasteiger partial charge in [-0.3, -0.25) is 14.7 Å². The Bertz CT molecular complexity index is 994. The van der Waals surface area contributed by atoms with E-state index in [0.29, 0.717) is 59.8 Å². The lowest BCUT2D eigenvalue weighted by Crippen LogP contribution is -2.46. The summed E-state index contributed by atoms with van der Waals surface area (Å²) < 4.78 is 5.16. The molecule has 0 bridgehead atoms. The van der Waals surface area contributed by atoms with Crippen molar-refractivity contribution in [2.24, 2.45) is 11.8 Å². The van der Waals surface area contributed by atoms with Crippen LogP contribution in [0.4, 0.5) is 0 Å². The molecule has 178 valence electrons. The molecule has 4 rings (SSSR count). The molecule has 1 saturated heterocycles. The molecule has 2 fully saturated rings. The van der Waals surface area contributed by atoms with E-state index < -0.39 is 0 Å². The van der Waals surface area contributed by atoms with Gasteiger partial charge in [0.15, 0.2) is 5.69 Å². The van der Waals surface area contributed by atoms with Gasteiger partial charge in [0.25, 0.3) is 5.91 Å². The van der Waals surface area contributed by atoms with Gasteiger partial charge >= 0.3 is 0 Å². The first-order chi connectivity index (χ1) is 15.9. The summed E-state index contributed by atoms with van der Waals surface area (Å²) in [6.07, 6.45) is 7.44. The molecule has 1 aliphatic carbocycles. The topological polar surface area (TPSA) is 91.4 Å². The number of halogens is 1. The second-order valence-electron chi connectivity index (χ2n) is 9.30. The summed E-state index contributed by atoms with van der Waals surface area (Å²) in [7, 11) is 3.48. The van der Waals surface area contributed by atoms with Gasteiger partial charge in [-0.1, -0.05) is 18.5 Å². The van der Waals surface area contributed by atoms with Gasteiger partial charge in [-0.05, 0) is 50.5 Å². The molecule has 2 aromatic heterocycles. The average molecular weight is 474 g/mol. The molecule has 33 heavy (non-hydrogen) atoms. The van der Waals surface area contributed by atoms with Crippen LogP contribution in [0.25, 0.3) is 11.3 Å². The Balaban J connectivity index is 1.35. The number of ether oxygens (including phenoxy) is 1. The van der Waals surface area contributed by atoms with Gasteiger partial charge in [-0.15, -0.1) is 0 Å². The molecule has 1 N–H and O–H groups in total. The Labute approximate surface area is 199 Å². The van der Waals surface area contributed by atoms with Crippen LogP contribution in [0.1, 0.15) is 55.9 Å². The predicted octanol–water partition coefficient (Wildman–Crippen LogP) is 4.02. The van der Waals surface area contributed by atoms with Crippen LogP contribution < -0.4 is 4.74 Å². The van der Waals surface area contributed by atoms with Crippen LogP contribution >= 0.6 is 11.6 Å². The zero-order valence-corrected chi connectivity index (χ0v) is 20.3. The summed E-state index contributed by atoms with van der Waals surface area (Å²) in [5, 5.41) is 7.53. The van der Waals surface area contributed by atoms with E-state index in [-0.39, 0.29) is 17.7 Å². The summed E-state index contributed by atoms with van der Waals surface area (Å²) in [4.78, 5) is 33.9. The van der Waals surface area contributed by atoms with Crippen LogP contribution in [0.5, 0.6) is 5.88 Å². The molecule has 8 nitrogen and oxygen atoms in total. The van der Waals surface area contributed by atoms with Crippen molar-refractivity contribution < 1.29 is 14.3 Å². The molecule has 0 aromatic carbocycles. The standard InChI is InChI=1S/C24H32ClN5O3/c1-15-4-6-17(7-5-15)29(2)23(31)16-8-10-30(11-9-16)24(32)21-13-20(27-28-21)18-12-22(33-3)26-14-19(18)25/h12-17H,4-11H2,1-3H3,(H,27,28). The summed E-state index contributed by atoms with van der Waals surface area (Å²) in [5.74, 6) is 1.26. The van der Waals surface area contributed by atoms with Crippen LogP contribution in [0.2, 0.25) is 5.02 Å². The smallest absolute Gasteiger partial charge is 0.274 e. The fraction of sp³-hybridized carbons (Fsp3) is 0.583. The highest BCUT2D eigenvalue weighted by atomic mass is 35.5. The van der Waals surface area contributed by atoms with Gasteiger partial charge in [0.1, 0.15) is 0 Å². The maximum absolute atomic E-state index is 13.0. The first-order valence-corrected chi connectivity index (χ1v) is 12.1. The van der Waals surface area contributed by atoms with Gasteiger partial charge in [0.05, 0.1) is 24.0 Å². The van der Waals surface area contributed by atoms with Crippen molar-refractivity contribution in [3.63, 3.8) is 0 Å². The molecule has 0 atom stereocenters. The van der Waals surface area contributed by atoms with Crippen molar-refractivity contribution in [3.8, 4) is 17.1 Å². The minimum atomic E-state index is -0.143. The van der Waals surface area contributed by atoms with Crippen molar-refractivity contribution in [1.82, 2.24) is 25.0 Å². The number of aromatic nitrogens is 3. The van der Waals surface area contributed by atoms with Gasteiger partial charge in [-0.25, -0.2) is 4.98 Å². The Morgan fingerprint density at radius 2 is 1.85 bits per heavy atom. The van der Waals surface area contributed by atoms with Crippen LogP contribution in [-0.2, 0) is 4.79 Å². The van der Waals surface area contributed by atoms with Crippen molar-refractivity contribution in [1.29, 1.82) is 0 Å². The number of pyridine rings is 1. The highest BCUT2D eigenvalue weighted by Crippen LogP contribution is 2.31. The lowest BCUT2D eigenvalue weighted by Gasteiger charge is -2.38. The van der Waals surface area contributed by atoms with Crippen molar-refractivity contribution in [3.05, 3.63) is 29.0 Å². The molecular formula is C24H32ClN5O3. The molecule has 2 amide bonds. The summed E-state index contributed by atoms with van der Waals surface area (Å²) in [6, 6.07) is 3.75. The third-order valence-corrected chi connectivity index (χ3v) is 7.44. The van der Waals surface area contributed by atoms with Crippen LogP contribution in [0.15, 0.2) is 18.3 Å². The molecule has 0 unspecified atom stereocenters. The average Bonchev–Trinajstić information content (AvgIpc) is 3.33. The number of carbonyl (C=O) groups excluding carboxylic acids is 2. The predicted molar refractivity (Wildman–Crippen MR) is 126 cm³/mol. The van der Waals surface area contributed by atoms with Crippen molar-refractivity contribution in [2.75, 3.05) is 27.2 Å². The second kappa shape index (κ2) is 10.1. The number of hydrogen-bond acceptors (Lipinski definition) is 5. The summed E-state index contributed by atoms with van der Waals surface area (Å²) in [5.41, 5.74) is 1.62. The molecule has 3 heterocycles. The number of piperidine rings is 1. The van der Waals surface area contributed by atoms with Gasteiger partial charge in [0.2, 0.25) is 11.8 Å². The quantitative estimate of drug-likeness (QED) is 0.708. The third kappa shape index (κ3) is 5.16. The van der Waals surface area contributed by atoms with Crippen LogP contribution in [0.3, 0.4) is 0 Å². The highest BCUT2D eigenvalue weighted by molar-refractivity contribution is 6.33. The van der Waals surface area contributed by atoms with E-state index in [2.05, 4.69) is 22.1 Å². The van der Waals surface area contributed by atoms with E-state index in [1.165, 1.54) is 26.1 Å². The fourth-order valence-electron chi connectivity index (χ4n) is 4.90.